The molecule has 412 valence electrons. The van der Waals surface area contributed by atoms with E-state index in [-0.39, 0.29) is 31.1 Å². The van der Waals surface area contributed by atoms with Crippen LogP contribution in [0.1, 0.15) is 348 Å². The summed E-state index contributed by atoms with van der Waals surface area (Å²) in [6, 6.07) is 0. The average Bonchev–Trinajstić information content (AvgIpc) is 3.36. The second kappa shape index (κ2) is 59.5. The van der Waals surface area contributed by atoms with E-state index in [1.165, 1.54) is 238 Å². The van der Waals surface area contributed by atoms with Crippen LogP contribution in [-0.2, 0) is 28.6 Å². The van der Waals surface area contributed by atoms with Gasteiger partial charge in [-0.3, -0.25) is 14.4 Å². The topological polar surface area (TPSA) is 78.9 Å². The number of allylic oxidation sites excluding steroid dienone is 4. The van der Waals surface area contributed by atoms with Gasteiger partial charge in [-0.15, -0.1) is 0 Å². The molecule has 0 aromatic rings. The van der Waals surface area contributed by atoms with Crippen LogP contribution in [0.2, 0.25) is 0 Å². The Bertz CT molecular complexity index is 1130. The molecule has 0 bridgehead atoms. The van der Waals surface area contributed by atoms with Crippen molar-refractivity contribution in [2.75, 3.05) is 13.2 Å². The van der Waals surface area contributed by atoms with Crippen molar-refractivity contribution in [2.24, 2.45) is 0 Å². The summed E-state index contributed by atoms with van der Waals surface area (Å²) in [7, 11) is 0. The van der Waals surface area contributed by atoms with Crippen LogP contribution in [-0.4, -0.2) is 37.2 Å². The normalized spacial score (nSPS) is 12.1. The van der Waals surface area contributed by atoms with E-state index < -0.39 is 6.10 Å². The smallest absolute Gasteiger partial charge is 0.306 e. The van der Waals surface area contributed by atoms with Gasteiger partial charge in [-0.05, 0) is 51.4 Å². The summed E-state index contributed by atoms with van der Waals surface area (Å²) in [5.41, 5.74) is 0. The molecule has 0 radical (unpaired) electrons. The molecular formula is C64H120O6. The SMILES string of the molecule is CCCCCC/C=C\C/C=C\CCCCCCCCCC(=O)OC(COC(=O)CCCCCCCCCC)COC(=O)CCCCCCCCCCCCCCCCCCCCCCCCCCCC. The third-order valence-electron chi connectivity index (χ3n) is 14.2. The largest absolute Gasteiger partial charge is 0.462 e. The van der Waals surface area contributed by atoms with Gasteiger partial charge in [-0.1, -0.05) is 302 Å². The van der Waals surface area contributed by atoms with Crippen LogP contribution in [0.4, 0.5) is 0 Å². The molecule has 1 atom stereocenters. The Morgan fingerprint density at radius 3 is 0.800 bits per heavy atom. The highest BCUT2D eigenvalue weighted by molar-refractivity contribution is 5.71. The Kier molecular flexibility index (Phi) is 57.7. The lowest BCUT2D eigenvalue weighted by molar-refractivity contribution is -0.167. The van der Waals surface area contributed by atoms with Crippen molar-refractivity contribution >= 4 is 17.9 Å². The van der Waals surface area contributed by atoms with Crippen molar-refractivity contribution in [2.45, 2.75) is 354 Å². The molecule has 0 rings (SSSR count). The van der Waals surface area contributed by atoms with Crippen molar-refractivity contribution in [3.8, 4) is 0 Å². The maximum Gasteiger partial charge on any atom is 0.306 e. The highest BCUT2D eigenvalue weighted by atomic mass is 16.6. The highest BCUT2D eigenvalue weighted by Crippen LogP contribution is 2.18. The molecule has 0 fully saturated rings. The fourth-order valence-electron chi connectivity index (χ4n) is 9.48. The monoisotopic (exact) mass is 985 g/mol. The summed E-state index contributed by atoms with van der Waals surface area (Å²) in [5.74, 6) is -0.860. The van der Waals surface area contributed by atoms with E-state index in [1.807, 2.05) is 0 Å². The first-order valence-corrected chi connectivity index (χ1v) is 31.3. The lowest BCUT2D eigenvalue weighted by Crippen LogP contribution is -2.30. The van der Waals surface area contributed by atoms with E-state index in [1.54, 1.807) is 0 Å². The van der Waals surface area contributed by atoms with E-state index >= 15 is 0 Å². The van der Waals surface area contributed by atoms with E-state index in [0.717, 1.165) is 70.6 Å². The molecule has 0 heterocycles. The minimum absolute atomic E-state index is 0.0693. The molecule has 70 heavy (non-hydrogen) atoms. The number of esters is 3. The summed E-state index contributed by atoms with van der Waals surface area (Å²) < 4.78 is 16.8. The van der Waals surface area contributed by atoms with Crippen molar-refractivity contribution in [3.05, 3.63) is 24.3 Å². The molecule has 6 nitrogen and oxygen atoms in total. The molecule has 0 aliphatic rings. The molecule has 6 heteroatoms. The van der Waals surface area contributed by atoms with Crippen molar-refractivity contribution in [3.63, 3.8) is 0 Å². The molecule has 0 aromatic carbocycles. The van der Waals surface area contributed by atoms with Gasteiger partial charge in [0.25, 0.3) is 0 Å². The van der Waals surface area contributed by atoms with Gasteiger partial charge in [0.15, 0.2) is 6.10 Å². The van der Waals surface area contributed by atoms with Gasteiger partial charge in [0.1, 0.15) is 13.2 Å². The molecule has 0 aromatic heterocycles. The Labute approximate surface area is 436 Å². The van der Waals surface area contributed by atoms with Crippen LogP contribution in [0, 0.1) is 0 Å². The zero-order valence-electron chi connectivity index (χ0n) is 47.3. The first-order valence-electron chi connectivity index (χ1n) is 31.3. The van der Waals surface area contributed by atoms with Crippen LogP contribution in [0.25, 0.3) is 0 Å². The first kappa shape index (κ1) is 67.9. The maximum atomic E-state index is 12.8. The predicted molar refractivity (Wildman–Crippen MR) is 303 cm³/mol. The van der Waals surface area contributed by atoms with Crippen LogP contribution in [0.3, 0.4) is 0 Å². The number of unbranched alkanes of at least 4 members (excludes halogenated alkanes) is 43. The van der Waals surface area contributed by atoms with E-state index in [2.05, 4.69) is 45.1 Å². The molecule has 1 unspecified atom stereocenters. The summed E-state index contributed by atoms with van der Waals surface area (Å²) in [6.07, 6.45) is 70.6. The number of rotatable bonds is 58. The lowest BCUT2D eigenvalue weighted by Gasteiger charge is -2.18. The number of carbonyl (C=O) groups is 3. The molecule has 0 aliphatic heterocycles. The fourth-order valence-corrected chi connectivity index (χ4v) is 9.48. The van der Waals surface area contributed by atoms with E-state index in [9.17, 15) is 14.4 Å². The number of hydrogen-bond acceptors (Lipinski definition) is 6. The number of carbonyl (C=O) groups excluding carboxylic acids is 3. The maximum absolute atomic E-state index is 12.8. The number of ether oxygens (including phenoxy) is 3. The Hall–Kier alpha value is -2.11. The van der Waals surface area contributed by atoms with Crippen LogP contribution >= 0.6 is 0 Å². The standard InChI is InChI=1S/C64H120O6/c1-4-7-10-13-16-19-21-23-25-27-29-30-31-32-33-34-35-36-38-39-41-43-45-48-51-54-57-63(66)69-60-61(59-68-62(65)56-53-50-47-18-15-12-9-6-3)70-64(67)58-55-52-49-46-44-42-40-37-28-26-24-22-20-17-14-11-8-5-2/h20,22,26,28,61H,4-19,21,23-25,27,29-60H2,1-3H3/b22-20-,28-26-. The van der Waals surface area contributed by atoms with Gasteiger partial charge >= 0.3 is 17.9 Å². The Morgan fingerprint density at radius 2 is 0.514 bits per heavy atom. The summed E-state index contributed by atoms with van der Waals surface area (Å²) >= 11 is 0. The van der Waals surface area contributed by atoms with Gasteiger partial charge < -0.3 is 14.2 Å². The van der Waals surface area contributed by atoms with Crippen molar-refractivity contribution in [1.82, 2.24) is 0 Å². The van der Waals surface area contributed by atoms with Gasteiger partial charge in [0.2, 0.25) is 0 Å². The fraction of sp³-hybridized carbons (Fsp3) is 0.891. The molecule has 0 amide bonds. The third-order valence-corrected chi connectivity index (χ3v) is 14.2. The van der Waals surface area contributed by atoms with Gasteiger partial charge in [-0.2, -0.15) is 0 Å². The molecule has 0 N–H and O–H groups in total. The minimum atomic E-state index is -0.770. The molecular weight excluding hydrogens is 865 g/mol. The molecule has 0 saturated heterocycles. The third kappa shape index (κ3) is 56.8. The summed E-state index contributed by atoms with van der Waals surface area (Å²) in [6.45, 7) is 6.64. The predicted octanol–water partition coefficient (Wildman–Crippen LogP) is 21.1. The van der Waals surface area contributed by atoms with Gasteiger partial charge in [0.05, 0.1) is 0 Å². The van der Waals surface area contributed by atoms with Crippen molar-refractivity contribution in [1.29, 1.82) is 0 Å². The van der Waals surface area contributed by atoms with Gasteiger partial charge in [0, 0.05) is 19.3 Å². The molecule has 0 saturated carbocycles. The quantitative estimate of drug-likeness (QED) is 0.0261. The second-order valence-electron chi connectivity index (χ2n) is 21.3. The highest BCUT2D eigenvalue weighted by Gasteiger charge is 2.19. The minimum Gasteiger partial charge on any atom is -0.462 e. The second-order valence-corrected chi connectivity index (χ2v) is 21.3. The van der Waals surface area contributed by atoms with E-state index in [4.69, 9.17) is 14.2 Å². The zero-order valence-corrected chi connectivity index (χ0v) is 47.3. The Balaban J connectivity index is 4.10. The van der Waals surface area contributed by atoms with Crippen LogP contribution < -0.4 is 0 Å². The van der Waals surface area contributed by atoms with Crippen LogP contribution in [0.5, 0.6) is 0 Å². The average molecular weight is 986 g/mol. The zero-order chi connectivity index (χ0) is 50.7. The van der Waals surface area contributed by atoms with Crippen molar-refractivity contribution < 1.29 is 28.6 Å². The lowest BCUT2D eigenvalue weighted by atomic mass is 10.0. The summed E-state index contributed by atoms with van der Waals surface area (Å²) in [4.78, 5) is 38.1. The Morgan fingerprint density at radius 1 is 0.286 bits per heavy atom. The number of hydrogen-bond donors (Lipinski definition) is 0. The van der Waals surface area contributed by atoms with Crippen LogP contribution in [0.15, 0.2) is 24.3 Å². The summed E-state index contributed by atoms with van der Waals surface area (Å²) in [5, 5.41) is 0. The molecule has 0 aliphatic carbocycles. The first-order chi connectivity index (χ1) is 34.5. The molecule has 0 spiro atoms. The van der Waals surface area contributed by atoms with Gasteiger partial charge in [-0.25, -0.2) is 0 Å². The van der Waals surface area contributed by atoms with E-state index in [0.29, 0.717) is 19.3 Å².